The fourth-order valence-electron chi connectivity index (χ4n) is 1.10. The second kappa shape index (κ2) is 5.53. The van der Waals surface area contributed by atoms with Crippen LogP contribution in [0.1, 0.15) is 22.3 Å². The highest BCUT2D eigenvalue weighted by atomic mass is 16.5. The van der Waals surface area contributed by atoms with Crippen molar-refractivity contribution in [3.8, 4) is 0 Å². The summed E-state index contributed by atoms with van der Waals surface area (Å²) in [5.74, 6) is -0.950. The number of ether oxygens (including phenoxy) is 1. The largest absolute Gasteiger partial charge is 0.464 e. The van der Waals surface area contributed by atoms with Crippen molar-refractivity contribution in [1.82, 2.24) is 9.97 Å². The highest BCUT2D eigenvalue weighted by molar-refractivity contribution is 5.91. The first-order valence-electron chi connectivity index (χ1n) is 4.69. The third-order valence-electron chi connectivity index (χ3n) is 2.05. The third kappa shape index (κ3) is 2.87. The second-order valence-electron chi connectivity index (χ2n) is 3.22. The monoisotopic (exact) mass is 243 g/mol. The van der Waals surface area contributed by atoms with Gasteiger partial charge < -0.3 is 25.8 Å². The molecule has 2 atom stereocenters. The Morgan fingerprint density at radius 2 is 2.24 bits per heavy atom. The first kappa shape index (κ1) is 13.3. The Labute approximate surface area is 96.7 Å². The van der Waals surface area contributed by atoms with Crippen LogP contribution >= 0.6 is 0 Å². The Morgan fingerprint density at radius 3 is 2.76 bits per heavy atom. The van der Waals surface area contributed by atoms with E-state index in [-0.39, 0.29) is 17.2 Å². The Kier molecular flexibility index (Phi) is 4.32. The van der Waals surface area contributed by atoms with E-state index in [9.17, 15) is 15.0 Å². The van der Waals surface area contributed by atoms with Crippen molar-refractivity contribution in [2.75, 3.05) is 19.5 Å². The molecule has 1 heterocycles. The molecule has 0 saturated heterocycles. The number of anilines is 1. The molecular weight excluding hydrogens is 230 g/mol. The normalized spacial score (nSPS) is 14.1. The van der Waals surface area contributed by atoms with Crippen LogP contribution in [0.3, 0.4) is 0 Å². The standard InChI is InChI=1S/C9H13N3O5/c1-17-9(16)6-8(10)11-2-4(12-6)7(15)5(14)3-13/h2,5,7,13-15H,3H2,1H3,(H2,10,11). The van der Waals surface area contributed by atoms with E-state index in [0.717, 1.165) is 13.3 Å². The maximum Gasteiger partial charge on any atom is 0.360 e. The smallest absolute Gasteiger partial charge is 0.360 e. The van der Waals surface area contributed by atoms with Crippen LogP contribution in [0.15, 0.2) is 6.20 Å². The molecule has 5 N–H and O–H groups in total. The summed E-state index contributed by atoms with van der Waals surface area (Å²) >= 11 is 0. The zero-order valence-corrected chi connectivity index (χ0v) is 9.07. The zero-order valence-electron chi connectivity index (χ0n) is 9.07. The van der Waals surface area contributed by atoms with Crippen molar-refractivity contribution < 1.29 is 24.9 Å². The Morgan fingerprint density at radius 1 is 1.59 bits per heavy atom. The van der Waals surface area contributed by atoms with Crippen LogP contribution in [0.25, 0.3) is 0 Å². The first-order chi connectivity index (χ1) is 8.01. The fraction of sp³-hybridized carbons (Fsp3) is 0.444. The summed E-state index contributed by atoms with van der Waals surface area (Å²) in [5.41, 5.74) is 5.07. The number of nitrogens with zero attached hydrogens (tertiary/aromatic N) is 2. The first-order valence-corrected chi connectivity index (χ1v) is 4.69. The van der Waals surface area contributed by atoms with Gasteiger partial charge in [0.15, 0.2) is 11.5 Å². The van der Waals surface area contributed by atoms with E-state index in [2.05, 4.69) is 14.7 Å². The molecule has 0 radical (unpaired) electrons. The minimum atomic E-state index is -1.46. The molecule has 17 heavy (non-hydrogen) atoms. The zero-order chi connectivity index (χ0) is 13.0. The number of rotatable bonds is 4. The molecule has 0 spiro atoms. The minimum Gasteiger partial charge on any atom is -0.464 e. The predicted molar refractivity (Wildman–Crippen MR) is 55.8 cm³/mol. The van der Waals surface area contributed by atoms with Gasteiger partial charge in [-0.15, -0.1) is 0 Å². The van der Waals surface area contributed by atoms with Crippen molar-refractivity contribution in [2.45, 2.75) is 12.2 Å². The van der Waals surface area contributed by atoms with E-state index in [1.807, 2.05) is 0 Å². The van der Waals surface area contributed by atoms with Gasteiger partial charge >= 0.3 is 5.97 Å². The average molecular weight is 243 g/mol. The van der Waals surface area contributed by atoms with Crippen molar-refractivity contribution in [3.05, 3.63) is 17.6 Å². The van der Waals surface area contributed by atoms with Crippen molar-refractivity contribution >= 4 is 11.8 Å². The second-order valence-corrected chi connectivity index (χ2v) is 3.22. The number of esters is 1. The molecule has 0 fully saturated rings. The molecule has 0 aromatic carbocycles. The number of methoxy groups -OCH3 is 1. The van der Waals surface area contributed by atoms with Crippen LogP contribution in [0, 0.1) is 0 Å². The molecule has 0 bridgehead atoms. The summed E-state index contributed by atoms with van der Waals surface area (Å²) in [7, 11) is 1.15. The van der Waals surface area contributed by atoms with Gasteiger partial charge in [0.05, 0.1) is 25.6 Å². The predicted octanol–water partition coefficient (Wildman–Crippen LogP) is -1.77. The topological polar surface area (TPSA) is 139 Å². The van der Waals surface area contributed by atoms with Crippen molar-refractivity contribution in [3.63, 3.8) is 0 Å². The summed E-state index contributed by atoms with van der Waals surface area (Å²) < 4.78 is 4.42. The molecule has 0 amide bonds. The minimum absolute atomic E-state index is 0.0823. The lowest BCUT2D eigenvalue weighted by Gasteiger charge is -2.15. The van der Waals surface area contributed by atoms with Crippen LogP contribution in [-0.4, -0.2) is 51.1 Å². The highest BCUT2D eigenvalue weighted by Gasteiger charge is 2.22. The Bertz CT molecular complexity index is 412. The van der Waals surface area contributed by atoms with Gasteiger partial charge in [-0.25, -0.2) is 14.8 Å². The number of nitrogen functional groups attached to an aromatic ring is 1. The maximum atomic E-state index is 11.3. The van der Waals surface area contributed by atoms with Crippen LogP contribution in [0.2, 0.25) is 0 Å². The Balaban J connectivity index is 3.08. The van der Waals surface area contributed by atoms with Gasteiger partial charge in [0.25, 0.3) is 0 Å². The molecule has 0 aliphatic heterocycles. The number of carbonyl (C=O) groups excluding carboxylic acids is 1. The fourth-order valence-corrected chi connectivity index (χ4v) is 1.10. The van der Waals surface area contributed by atoms with Crippen LogP contribution in [-0.2, 0) is 4.74 Å². The molecule has 94 valence electrons. The Hall–Kier alpha value is -1.77. The van der Waals surface area contributed by atoms with Crippen molar-refractivity contribution in [1.29, 1.82) is 0 Å². The number of aliphatic hydroxyl groups is 3. The molecule has 8 heteroatoms. The van der Waals surface area contributed by atoms with Gasteiger partial charge in [-0.05, 0) is 0 Å². The summed E-state index contributed by atoms with van der Waals surface area (Å²) in [6.07, 6.45) is -1.78. The molecule has 1 rings (SSSR count). The molecule has 2 unspecified atom stereocenters. The lowest BCUT2D eigenvalue weighted by atomic mass is 10.1. The van der Waals surface area contributed by atoms with Crippen molar-refractivity contribution in [2.24, 2.45) is 0 Å². The van der Waals surface area contributed by atoms with Gasteiger partial charge in [-0.1, -0.05) is 0 Å². The number of aromatic nitrogens is 2. The molecule has 1 aromatic rings. The number of aliphatic hydroxyl groups excluding tert-OH is 3. The van der Waals surface area contributed by atoms with E-state index in [4.69, 9.17) is 10.8 Å². The number of hydrogen-bond acceptors (Lipinski definition) is 8. The van der Waals surface area contributed by atoms with E-state index in [1.165, 1.54) is 0 Å². The number of nitrogens with two attached hydrogens (primary N) is 1. The molecule has 0 aliphatic rings. The van der Waals surface area contributed by atoms with E-state index in [1.54, 1.807) is 0 Å². The van der Waals surface area contributed by atoms with Gasteiger partial charge in [-0.2, -0.15) is 0 Å². The lowest BCUT2D eigenvalue weighted by molar-refractivity contribution is -0.0175. The van der Waals surface area contributed by atoms with Crippen LogP contribution < -0.4 is 5.73 Å². The highest BCUT2D eigenvalue weighted by Crippen LogP contribution is 2.16. The van der Waals surface area contributed by atoms with E-state index >= 15 is 0 Å². The number of hydrogen-bond donors (Lipinski definition) is 4. The summed E-state index contributed by atoms with van der Waals surface area (Å²) in [4.78, 5) is 18.6. The molecular formula is C9H13N3O5. The average Bonchev–Trinajstić information content (AvgIpc) is 2.36. The van der Waals surface area contributed by atoms with Gasteiger partial charge in [-0.3, -0.25) is 0 Å². The van der Waals surface area contributed by atoms with Gasteiger partial charge in [0.2, 0.25) is 0 Å². The summed E-state index contributed by atoms with van der Waals surface area (Å²) in [6, 6.07) is 0. The van der Waals surface area contributed by atoms with Crippen LogP contribution in [0.5, 0.6) is 0 Å². The molecule has 0 saturated carbocycles. The summed E-state index contributed by atoms with van der Waals surface area (Å²) in [6.45, 7) is -0.652. The van der Waals surface area contributed by atoms with Gasteiger partial charge in [0, 0.05) is 0 Å². The third-order valence-corrected chi connectivity index (χ3v) is 2.05. The van der Waals surface area contributed by atoms with Crippen LogP contribution in [0.4, 0.5) is 5.82 Å². The molecule has 0 aliphatic carbocycles. The SMILES string of the molecule is COC(=O)c1nc(C(O)C(O)CO)cnc1N. The maximum absolute atomic E-state index is 11.3. The van der Waals surface area contributed by atoms with E-state index < -0.39 is 24.8 Å². The van der Waals surface area contributed by atoms with Gasteiger partial charge in [0.1, 0.15) is 12.2 Å². The molecule has 8 nitrogen and oxygen atoms in total. The van der Waals surface area contributed by atoms with E-state index in [0.29, 0.717) is 0 Å². The quantitative estimate of drug-likeness (QED) is 0.456. The number of carbonyl (C=O) groups is 1. The summed E-state index contributed by atoms with van der Waals surface area (Å²) in [5, 5.41) is 27.4. The molecule has 1 aromatic heterocycles. The lowest BCUT2D eigenvalue weighted by Crippen LogP contribution is -2.24.